The van der Waals surface area contributed by atoms with Crippen molar-refractivity contribution < 1.29 is 22.3 Å². The third-order valence-corrected chi connectivity index (χ3v) is 8.83. The van der Waals surface area contributed by atoms with E-state index in [-0.39, 0.29) is 23.0 Å². The summed E-state index contributed by atoms with van der Waals surface area (Å²) >= 11 is 1.45. The maximum Gasteiger partial charge on any atom is 0.229 e. The van der Waals surface area contributed by atoms with Crippen molar-refractivity contribution in [2.75, 3.05) is 50.0 Å². The number of morpholine rings is 1. The lowest BCUT2D eigenvalue weighted by Gasteiger charge is -2.27. The number of hydrogen-bond acceptors (Lipinski definition) is 7. The van der Waals surface area contributed by atoms with Crippen LogP contribution in [0.15, 0.2) is 41.3 Å². The van der Waals surface area contributed by atoms with Gasteiger partial charge in [-0.3, -0.25) is 14.6 Å². The number of aryl methyl sites for hydroxylation is 2. The summed E-state index contributed by atoms with van der Waals surface area (Å²) in [6.07, 6.45) is 0.565. The van der Waals surface area contributed by atoms with Gasteiger partial charge in [0.15, 0.2) is 15.0 Å². The molecule has 1 aliphatic heterocycles. The molecule has 1 amide bonds. The Balaban J connectivity index is 1.51. The first-order chi connectivity index (χ1) is 16.7. The average Bonchev–Trinajstić information content (AvgIpc) is 3.25. The van der Waals surface area contributed by atoms with E-state index in [0.717, 1.165) is 59.5 Å². The number of thiazole rings is 1. The smallest absolute Gasteiger partial charge is 0.229 e. The second-order valence-corrected chi connectivity index (χ2v) is 11.9. The molecule has 4 rings (SSSR count). The highest BCUT2D eigenvalue weighted by Crippen LogP contribution is 2.32. The average molecular weight is 520 g/mol. The van der Waals surface area contributed by atoms with Gasteiger partial charge < -0.3 is 4.74 Å². The summed E-state index contributed by atoms with van der Waals surface area (Å²) in [5.41, 5.74) is 3.03. The summed E-state index contributed by atoms with van der Waals surface area (Å²) in [6, 6.07) is 8.79. The van der Waals surface area contributed by atoms with E-state index in [2.05, 4.69) is 17.0 Å². The summed E-state index contributed by atoms with van der Waals surface area (Å²) < 4.78 is 45.1. The Morgan fingerprint density at radius 3 is 2.60 bits per heavy atom. The SMILES string of the molecule is Cc1cc(C)c2nc(N(CCCN3CCOCC3)C(=O)CCS(=O)(=O)c3ccc(F)cc3)sc2c1. The molecule has 0 spiro atoms. The summed E-state index contributed by atoms with van der Waals surface area (Å²) in [6.45, 7) is 8.44. The number of carbonyl (C=O) groups excluding carboxylic acids is 1. The fraction of sp³-hybridized carbons (Fsp3) is 0.440. The molecular formula is C25H30FN3O4S2. The van der Waals surface area contributed by atoms with Gasteiger partial charge in [0.2, 0.25) is 5.91 Å². The number of hydrogen-bond donors (Lipinski definition) is 0. The first kappa shape index (κ1) is 25.7. The maximum absolute atomic E-state index is 13.3. The van der Waals surface area contributed by atoms with Gasteiger partial charge in [-0.25, -0.2) is 17.8 Å². The minimum Gasteiger partial charge on any atom is -0.379 e. The minimum absolute atomic E-state index is 0.0108. The van der Waals surface area contributed by atoms with E-state index in [1.807, 2.05) is 13.8 Å². The summed E-state index contributed by atoms with van der Waals surface area (Å²) in [5.74, 6) is -1.14. The van der Waals surface area contributed by atoms with Crippen LogP contribution in [0.4, 0.5) is 9.52 Å². The lowest BCUT2D eigenvalue weighted by atomic mass is 10.1. The quantitative estimate of drug-likeness (QED) is 0.398. The summed E-state index contributed by atoms with van der Waals surface area (Å²) in [5, 5.41) is 0.583. The van der Waals surface area contributed by atoms with Gasteiger partial charge in [0.05, 0.1) is 34.1 Å². The molecule has 0 radical (unpaired) electrons. The molecule has 2 aromatic carbocycles. The van der Waals surface area contributed by atoms with Crippen LogP contribution < -0.4 is 4.90 Å². The second-order valence-electron chi connectivity index (χ2n) is 8.80. The number of ether oxygens (including phenoxy) is 1. The van der Waals surface area contributed by atoms with E-state index < -0.39 is 15.7 Å². The number of aromatic nitrogens is 1. The number of nitrogens with zero attached hydrogens (tertiary/aromatic N) is 3. The van der Waals surface area contributed by atoms with Crippen molar-refractivity contribution >= 4 is 42.4 Å². The third kappa shape index (κ3) is 6.43. The fourth-order valence-corrected chi connectivity index (χ4v) is 6.61. The first-order valence-electron chi connectivity index (χ1n) is 11.7. The van der Waals surface area contributed by atoms with Gasteiger partial charge in [0.1, 0.15) is 5.82 Å². The molecule has 0 unspecified atom stereocenters. The number of amides is 1. The maximum atomic E-state index is 13.3. The Labute approximate surface area is 209 Å². The second kappa shape index (κ2) is 11.1. The summed E-state index contributed by atoms with van der Waals surface area (Å²) in [4.78, 5) is 22.0. The van der Waals surface area contributed by atoms with E-state index >= 15 is 0 Å². The molecule has 1 fully saturated rings. The largest absolute Gasteiger partial charge is 0.379 e. The normalized spacial score (nSPS) is 14.9. The Morgan fingerprint density at radius 2 is 1.89 bits per heavy atom. The standard InChI is InChI=1S/C25H30FN3O4S2/c1-18-16-19(2)24-22(17-18)34-25(27-24)29(10-3-9-28-11-13-33-14-12-28)23(30)8-15-35(31,32)21-6-4-20(26)5-7-21/h4-7,16-17H,3,8-15H2,1-2H3. The third-order valence-electron chi connectivity index (χ3n) is 6.07. The molecule has 0 atom stereocenters. The molecule has 0 bridgehead atoms. The molecule has 10 heteroatoms. The van der Waals surface area contributed by atoms with Crippen LogP contribution in [0.25, 0.3) is 10.2 Å². The zero-order valence-corrected chi connectivity index (χ0v) is 21.6. The molecule has 0 N–H and O–H groups in total. The molecular weight excluding hydrogens is 489 g/mol. The van der Waals surface area contributed by atoms with Crippen LogP contribution in [-0.4, -0.2) is 69.4 Å². The van der Waals surface area contributed by atoms with E-state index in [1.54, 1.807) is 4.90 Å². The topological polar surface area (TPSA) is 79.8 Å². The van der Waals surface area contributed by atoms with Crippen LogP contribution in [0.3, 0.4) is 0 Å². The predicted octanol–water partition coefficient (Wildman–Crippen LogP) is 3.97. The van der Waals surface area contributed by atoms with Gasteiger partial charge in [-0.15, -0.1) is 0 Å². The van der Waals surface area contributed by atoms with E-state index in [9.17, 15) is 17.6 Å². The summed E-state index contributed by atoms with van der Waals surface area (Å²) in [7, 11) is -3.72. The van der Waals surface area contributed by atoms with Crippen LogP contribution in [0, 0.1) is 19.7 Å². The van der Waals surface area contributed by atoms with Crippen LogP contribution in [0.2, 0.25) is 0 Å². The van der Waals surface area contributed by atoms with E-state index in [1.165, 1.54) is 23.5 Å². The fourth-order valence-electron chi connectivity index (χ4n) is 4.19. The van der Waals surface area contributed by atoms with Gasteiger partial charge in [0, 0.05) is 32.6 Å². The van der Waals surface area contributed by atoms with Crippen molar-refractivity contribution in [2.24, 2.45) is 0 Å². The molecule has 1 aromatic heterocycles. The number of halogens is 1. The number of sulfone groups is 1. The number of carbonyl (C=O) groups is 1. The van der Waals surface area contributed by atoms with E-state index in [0.29, 0.717) is 24.9 Å². The lowest BCUT2D eigenvalue weighted by molar-refractivity contribution is -0.118. The molecule has 188 valence electrons. The Bertz CT molecular complexity index is 1290. The number of anilines is 1. The lowest BCUT2D eigenvalue weighted by Crippen LogP contribution is -2.39. The van der Waals surface area contributed by atoms with Crippen molar-refractivity contribution in [2.45, 2.75) is 31.6 Å². The molecule has 1 saturated heterocycles. The highest BCUT2D eigenvalue weighted by Gasteiger charge is 2.24. The Morgan fingerprint density at radius 1 is 1.17 bits per heavy atom. The van der Waals surface area contributed by atoms with Crippen molar-refractivity contribution in [3.63, 3.8) is 0 Å². The molecule has 7 nitrogen and oxygen atoms in total. The molecule has 35 heavy (non-hydrogen) atoms. The molecule has 0 aliphatic carbocycles. The molecule has 0 saturated carbocycles. The number of benzene rings is 2. The monoisotopic (exact) mass is 519 g/mol. The number of rotatable bonds is 9. The first-order valence-corrected chi connectivity index (χ1v) is 14.2. The van der Waals surface area contributed by atoms with Crippen LogP contribution in [0.5, 0.6) is 0 Å². The Kier molecular flexibility index (Phi) is 8.16. The van der Waals surface area contributed by atoms with E-state index in [4.69, 9.17) is 9.72 Å². The number of fused-ring (bicyclic) bond motifs is 1. The minimum atomic E-state index is -3.72. The van der Waals surface area contributed by atoms with Gasteiger partial charge >= 0.3 is 0 Å². The van der Waals surface area contributed by atoms with Gasteiger partial charge in [-0.2, -0.15) is 0 Å². The van der Waals surface area contributed by atoms with Crippen LogP contribution >= 0.6 is 11.3 Å². The molecule has 2 heterocycles. The zero-order valence-electron chi connectivity index (χ0n) is 20.0. The Hall–Kier alpha value is -2.40. The highest BCUT2D eigenvalue weighted by molar-refractivity contribution is 7.91. The highest BCUT2D eigenvalue weighted by atomic mass is 32.2. The van der Waals surface area contributed by atoms with Crippen molar-refractivity contribution in [3.05, 3.63) is 53.3 Å². The van der Waals surface area contributed by atoms with Gasteiger partial charge in [0.25, 0.3) is 0 Å². The van der Waals surface area contributed by atoms with Crippen LogP contribution in [-0.2, 0) is 19.4 Å². The zero-order chi connectivity index (χ0) is 25.0. The van der Waals surface area contributed by atoms with Gasteiger partial charge in [-0.1, -0.05) is 17.4 Å². The van der Waals surface area contributed by atoms with Crippen LogP contribution in [0.1, 0.15) is 24.0 Å². The molecule has 3 aromatic rings. The van der Waals surface area contributed by atoms with Crippen molar-refractivity contribution in [1.82, 2.24) is 9.88 Å². The van der Waals surface area contributed by atoms with Crippen molar-refractivity contribution in [1.29, 1.82) is 0 Å². The molecule has 1 aliphatic rings. The predicted molar refractivity (Wildman–Crippen MR) is 136 cm³/mol. The van der Waals surface area contributed by atoms with Gasteiger partial charge in [-0.05, 0) is 61.7 Å². The van der Waals surface area contributed by atoms with Crippen molar-refractivity contribution in [3.8, 4) is 0 Å².